The minimum absolute atomic E-state index is 0.287. The van der Waals surface area contributed by atoms with E-state index in [1.165, 1.54) is 10.4 Å². The molecule has 2 aromatic rings. The first-order chi connectivity index (χ1) is 9.65. The molecule has 2 aromatic heterocycles. The van der Waals surface area contributed by atoms with Gasteiger partial charge in [-0.05, 0) is 34.2 Å². The number of hydrogen-bond acceptors (Lipinski definition) is 6. The molecule has 0 amide bonds. The van der Waals surface area contributed by atoms with Crippen LogP contribution in [0.5, 0.6) is 0 Å². The fourth-order valence-electron chi connectivity index (χ4n) is 2.10. The van der Waals surface area contributed by atoms with E-state index in [0.29, 0.717) is 5.82 Å². The van der Waals surface area contributed by atoms with E-state index in [4.69, 9.17) is 5.11 Å². The van der Waals surface area contributed by atoms with Crippen LogP contribution in [0.2, 0.25) is 0 Å². The maximum Gasteiger partial charge on any atom is 0.308 e. The van der Waals surface area contributed by atoms with Gasteiger partial charge in [0, 0.05) is 10.6 Å². The molecule has 1 N–H and O–H groups in total. The lowest BCUT2D eigenvalue weighted by molar-refractivity contribution is -0.141. The Balaban J connectivity index is 1.89. The Bertz CT molecular complexity index is 614. The second kappa shape index (κ2) is 5.53. The molecule has 1 unspecified atom stereocenters. The summed E-state index contributed by atoms with van der Waals surface area (Å²) in [5.74, 6) is 1.52. The Kier molecular flexibility index (Phi) is 3.75. The molecule has 1 aliphatic heterocycles. The molecule has 6 nitrogen and oxygen atoms in total. The summed E-state index contributed by atoms with van der Waals surface area (Å²) in [7, 11) is 0. The number of hydrogen-bond donors (Lipinski definition) is 1. The SMILES string of the molecule is CC(Cn1nnnc1-c1cc2c(s1)CCSC2)C(=O)O. The summed E-state index contributed by atoms with van der Waals surface area (Å²) >= 11 is 3.66. The molecule has 1 atom stereocenters. The fraction of sp³-hybridized carbons (Fsp3) is 0.500. The molecule has 0 saturated heterocycles. The van der Waals surface area contributed by atoms with Gasteiger partial charge in [-0.15, -0.1) is 16.4 Å². The molecule has 0 aliphatic carbocycles. The molecule has 1 aliphatic rings. The van der Waals surface area contributed by atoms with Gasteiger partial charge >= 0.3 is 5.97 Å². The van der Waals surface area contributed by atoms with Crippen LogP contribution in [0.1, 0.15) is 17.4 Å². The lowest BCUT2D eigenvalue weighted by Gasteiger charge is -2.08. The number of thiophene rings is 1. The third-order valence-electron chi connectivity index (χ3n) is 3.25. The second-order valence-electron chi connectivity index (χ2n) is 4.79. The van der Waals surface area contributed by atoms with Crippen LogP contribution in [0.25, 0.3) is 10.7 Å². The molecule has 106 valence electrons. The summed E-state index contributed by atoms with van der Waals surface area (Å²) in [6.07, 6.45) is 1.10. The predicted octanol–water partition coefficient (Wildman–Crippen LogP) is 1.91. The Hall–Kier alpha value is -1.41. The number of carbonyl (C=O) groups is 1. The van der Waals surface area contributed by atoms with Crippen LogP contribution in [0, 0.1) is 5.92 Å². The van der Waals surface area contributed by atoms with Gasteiger partial charge in [-0.3, -0.25) is 4.79 Å². The summed E-state index contributed by atoms with van der Waals surface area (Å²) in [5.41, 5.74) is 1.36. The van der Waals surface area contributed by atoms with Crippen molar-refractivity contribution >= 4 is 29.1 Å². The van der Waals surface area contributed by atoms with Crippen molar-refractivity contribution in [3.63, 3.8) is 0 Å². The number of thioether (sulfide) groups is 1. The molecule has 8 heteroatoms. The molecule has 0 saturated carbocycles. The zero-order chi connectivity index (χ0) is 14.1. The minimum Gasteiger partial charge on any atom is -0.481 e. The first kappa shape index (κ1) is 13.6. The lowest BCUT2D eigenvalue weighted by Crippen LogP contribution is -2.18. The van der Waals surface area contributed by atoms with Crippen molar-refractivity contribution < 1.29 is 9.90 Å². The van der Waals surface area contributed by atoms with Crippen LogP contribution < -0.4 is 0 Å². The van der Waals surface area contributed by atoms with Gasteiger partial charge in [0.05, 0.1) is 17.3 Å². The molecular formula is C12H14N4O2S2. The topological polar surface area (TPSA) is 80.9 Å². The number of aryl methyl sites for hydroxylation is 1. The summed E-state index contributed by atoms with van der Waals surface area (Å²) in [6, 6.07) is 2.14. The normalized spacial score (nSPS) is 15.8. The van der Waals surface area contributed by atoms with Crippen molar-refractivity contribution in [3.05, 3.63) is 16.5 Å². The van der Waals surface area contributed by atoms with Gasteiger partial charge in [-0.25, -0.2) is 4.68 Å². The number of tetrazole rings is 1. The highest BCUT2D eigenvalue weighted by Gasteiger charge is 2.20. The first-order valence-corrected chi connectivity index (χ1v) is 8.31. The number of aromatic nitrogens is 4. The number of aliphatic carboxylic acids is 1. The Morgan fingerprint density at radius 2 is 2.45 bits per heavy atom. The van der Waals surface area contributed by atoms with Crippen molar-refractivity contribution in [2.45, 2.75) is 25.6 Å². The molecule has 20 heavy (non-hydrogen) atoms. The molecule has 0 aromatic carbocycles. The van der Waals surface area contributed by atoms with Gasteiger partial charge in [0.15, 0.2) is 5.82 Å². The van der Waals surface area contributed by atoms with E-state index in [-0.39, 0.29) is 6.54 Å². The average Bonchev–Trinajstić information content (AvgIpc) is 3.03. The van der Waals surface area contributed by atoms with Crippen LogP contribution >= 0.6 is 23.1 Å². The summed E-state index contributed by atoms with van der Waals surface area (Å²) in [5, 5.41) is 20.7. The van der Waals surface area contributed by atoms with E-state index >= 15 is 0 Å². The largest absolute Gasteiger partial charge is 0.481 e. The van der Waals surface area contributed by atoms with E-state index in [1.54, 1.807) is 22.9 Å². The highest BCUT2D eigenvalue weighted by molar-refractivity contribution is 7.98. The number of carboxylic acid groups (broad SMARTS) is 1. The number of nitrogens with zero attached hydrogens (tertiary/aromatic N) is 4. The second-order valence-corrected chi connectivity index (χ2v) is 7.03. The van der Waals surface area contributed by atoms with Crippen molar-refractivity contribution in [1.82, 2.24) is 20.2 Å². The van der Waals surface area contributed by atoms with E-state index in [9.17, 15) is 4.79 Å². The van der Waals surface area contributed by atoms with E-state index in [2.05, 4.69) is 21.6 Å². The summed E-state index contributed by atoms with van der Waals surface area (Å²) in [4.78, 5) is 13.4. The third-order valence-corrected chi connectivity index (χ3v) is 5.49. The lowest BCUT2D eigenvalue weighted by atomic mass is 10.2. The Morgan fingerprint density at radius 1 is 1.60 bits per heavy atom. The van der Waals surface area contributed by atoms with Gasteiger partial charge in [-0.1, -0.05) is 6.92 Å². The molecule has 3 heterocycles. The first-order valence-electron chi connectivity index (χ1n) is 6.34. The summed E-state index contributed by atoms with van der Waals surface area (Å²) < 4.78 is 1.59. The number of carboxylic acids is 1. The smallest absolute Gasteiger partial charge is 0.308 e. The van der Waals surface area contributed by atoms with Crippen molar-refractivity contribution in [2.24, 2.45) is 5.92 Å². The zero-order valence-corrected chi connectivity index (χ0v) is 12.6. The van der Waals surface area contributed by atoms with Crippen LogP contribution in [-0.2, 0) is 23.5 Å². The van der Waals surface area contributed by atoms with Crippen LogP contribution in [0.4, 0.5) is 0 Å². The van der Waals surface area contributed by atoms with Crippen molar-refractivity contribution in [1.29, 1.82) is 0 Å². The van der Waals surface area contributed by atoms with Gasteiger partial charge < -0.3 is 5.11 Å². The minimum atomic E-state index is -0.840. The highest BCUT2D eigenvalue weighted by atomic mass is 32.2. The van der Waals surface area contributed by atoms with Gasteiger partial charge in [0.25, 0.3) is 0 Å². The monoisotopic (exact) mass is 310 g/mol. The van der Waals surface area contributed by atoms with Crippen molar-refractivity contribution in [2.75, 3.05) is 5.75 Å². The predicted molar refractivity (Wildman–Crippen MR) is 77.8 cm³/mol. The van der Waals surface area contributed by atoms with Gasteiger partial charge in [0.1, 0.15) is 0 Å². The van der Waals surface area contributed by atoms with Gasteiger partial charge in [-0.2, -0.15) is 11.8 Å². The quantitative estimate of drug-likeness (QED) is 0.929. The standard InChI is InChI=1S/C12H14N4O2S2/c1-7(12(17)18)5-16-11(13-14-15-16)10-4-8-6-19-3-2-9(8)20-10/h4,7H,2-3,5-6H2,1H3,(H,17,18). The van der Waals surface area contributed by atoms with Crippen LogP contribution in [-0.4, -0.2) is 37.0 Å². The van der Waals surface area contributed by atoms with Crippen molar-refractivity contribution in [3.8, 4) is 10.7 Å². The van der Waals surface area contributed by atoms with E-state index in [0.717, 1.165) is 22.8 Å². The molecule has 0 spiro atoms. The number of fused-ring (bicyclic) bond motifs is 1. The maximum absolute atomic E-state index is 11.0. The molecule has 3 rings (SSSR count). The highest BCUT2D eigenvalue weighted by Crippen LogP contribution is 2.36. The molecule has 0 fully saturated rings. The zero-order valence-electron chi connectivity index (χ0n) is 10.9. The maximum atomic E-state index is 11.0. The number of rotatable bonds is 4. The van der Waals surface area contributed by atoms with Crippen LogP contribution in [0.15, 0.2) is 6.07 Å². The van der Waals surface area contributed by atoms with E-state index < -0.39 is 11.9 Å². The fourth-order valence-corrected chi connectivity index (χ4v) is 4.46. The Morgan fingerprint density at radius 3 is 3.20 bits per heavy atom. The summed E-state index contributed by atoms with van der Waals surface area (Å²) in [6.45, 7) is 1.94. The average molecular weight is 310 g/mol. The van der Waals surface area contributed by atoms with Crippen LogP contribution in [0.3, 0.4) is 0 Å². The molecular weight excluding hydrogens is 296 g/mol. The molecule has 0 radical (unpaired) electrons. The van der Waals surface area contributed by atoms with Gasteiger partial charge in [0.2, 0.25) is 0 Å². The Labute approximate surface area is 124 Å². The van der Waals surface area contributed by atoms with E-state index in [1.807, 2.05) is 11.8 Å². The molecule has 0 bridgehead atoms. The third kappa shape index (κ3) is 2.57.